The fraction of sp³-hybridized carbons (Fsp3) is 0.500. The molecule has 0 heterocycles. The Balaban J connectivity index is 2.78. The standard InChI is InChI=1S/C12H20N2O/c1-3-7-14(9-10(2)15)12-6-4-5-11(13)8-12/h4-6,8,10,15H,3,7,9,13H2,1-2H3. The van der Waals surface area contributed by atoms with Crippen molar-refractivity contribution in [1.29, 1.82) is 0 Å². The van der Waals surface area contributed by atoms with Gasteiger partial charge in [-0.05, 0) is 31.5 Å². The van der Waals surface area contributed by atoms with Gasteiger partial charge in [0.1, 0.15) is 0 Å². The van der Waals surface area contributed by atoms with Crippen LogP contribution in [0.4, 0.5) is 11.4 Å². The van der Waals surface area contributed by atoms with E-state index < -0.39 is 0 Å². The van der Waals surface area contributed by atoms with Crippen molar-refractivity contribution >= 4 is 11.4 Å². The number of aliphatic hydroxyl groups excluding tert-OH is 1. The second-order valence-electron chi connectivity index (χ2n) is 3.89. The quantitative estimate of drug-likeness (QED) is 0.726. The molecule has 1 aromatic rings. The summed E-state index contributed by atoms with van der Waals surface area (Å²) in [5.74, 6) is 0. The van der Waals surface area contributed by atoms with Crippen LogP contribution in [-0.4, -0.2) is 24.3 Å². The lowest BCUT2D eigenvalue weighted by Crippen LogP contribution is -2.31. The minimum atomic E-state index is -0.321. The largest absolute Gasteiger partial charge is 0.399 e. The predicted octanol–water partition coefficient (Wildman–Crippen LogP) is 1.87. The van der Waals surface area contributed by atoms with Gasteiger partial charge in [-0.3, -0.25) is 0 Å². The summed E-state index contributed by atoms with van der Waals surface area (Å²) in [4.78, 5) is 2.15. The molecule has 3 nitrogen and oxygen atoms in total. The van der Waals surface area contributed by atoms with Gasteiger partial charge < -0.3 is 15.7 Å². The van der Waals surface area contributed by atoms with Gasteiger partial charge in [0.15, 0.2) is 0 Å². The van der Waals surface area contributed by atoms with E-state index >= 15 is 0 Å². The Bertz CT molecular complexity index is 299. The minimum Gasteiger partial charge on any atom is -0.399 e. The Morgan fingerprint density at radius 1 is 1.47 bits per heavy atom. The average Bonchev–Trinajstić information content (AvgIpc) is 2.16. The van der Waals surface area contributed by atoms with Gasteiger partial charge in [0.2, 0.25) is 0 Å². The van der Waals surface area contributed by atoms with Gasteiger partial charge in [-0.2, -0.15) is 0 Å². The van der Waals surface area contributed by atoms with Crippen molar-refractivity contribution < 1.29 is 5.11 Å². The number of benzene rings is 1. The zero-order valence-corrected chi connectivity index (χ0v) is 9.48. The molecule has 0 fully saturated rings. The van der Waals surface area contributed by atoms with E-state index in [9.17, 15) is 5.11 Å². The monoisotopic (exact) mass is 208 g/mol. The molecule has 0 radical (unpaired) electrons. The molecule has 1 rings (SSSR count). The number of nitrogen functional groups attached to an aromatic ring is 1. The average molecular weight is 208 g/mol. The van der Waals surface area contributed by atoms with Crippen molar-refractivity contribution in [1.82, 2.24) is 0 Å². The highest BCUT2D eigenvalue weighted by Gasteiger charge is 2.08. The van der Waals surface area contributed by atoms with Crippen molar-refractivity contribution in [3.8, 4) is 0 Å². The van der Waals surface area contributed by atoms with Crippen molar-refractivity contribution in [2.75, 3.05) is 23.7 Å². The number of rotatable bonds is 5. The third-order valence-corrected chi connectivity index (χ3v) is 2.21. The van der Waals surface area contributed by atoms with Crippen molar-refractivity contribution in [2.24, 2.45) is 0 Å². The van der Waals surface area contributed by atoms with Gasteiger partial charge in [0, 0.05) is 24.5 Å². The Labute approximate surface area is 91.5 Å². The van der Waals surface area contributed by atoms with Crippen molar-refractivity contribution in [3.63, 3.8) is 0 Å². The second kappa shape index (κ2) is 5.61. The van der Waals surface area contributed by atoms with Crippen molar-refractivity contribution in [2.45, 2.75) is 26.4 Å². The molecule has 0 saturated carbocycles. The van der Waals surface area contributed by atoms with Gasteiger partial charge in [-0.25, -0.2) is 0 Å². The maximum Gasteiger partial charge on any atom is 0.0687 e. The first-order valence-electron chi connectivity index (χ1n) is 5.42. The van der Waals surface area contributed by atoms with Crippen LogP contribution in [0.5, 0.6) is 0 Å². The molecule has 1 atom stereocenters. The highest BCUT2D eigenvalue weighted by molar-refractivity contribution is 5.55. The van der Waals surface area contributed by atoms with Crippen LogP contribution in [-0.2, 0) is 0 Å². The van der Waals surface area contributed by atoms with Gasteiger partial charge in [0.25, 0.3) is 0 Å². The fourth-order valence-electron chi connectivity index (χ4n) is 1.64. The van der Waals surface area contributed by atoms with Gasteiger partial charge in [-0.1, -0.05) is 13.0 Å². The lowest BCUT2D eigenvalue weighted by Gasteiger charge is -2.25. The van der Waals surface area contributed by atoms with Crippen LogP contribution in [0.25, 0.3) is 0 Å². The summed E-state index contributed by atoms with van der Waals surface area (Å²) in [6, 6.07) is 7.78. The summed E-state index contributed by atoms with van der Waals surface area (Å²) in [7, 11) is 0. The Kier molecular flexibility index (Phi) is 4.43. The first-order chi connectivity index (χ1) is 7.13. The first kappa shape index (κ1) is 11.9. The van der Waals surface area contributed by atoms with Crippen LogP contribution in [0.1, 0.15) is 20.3 Å². The van der Waals surface area contributed by atoms with Crippen LogP contribution in [0, 0.1) is 0 Å². The van der Waals surface area contributed by atoms with Crippen LogP contribution >= 0.6 is 0 Å². The molecule has 84 valence electrons. The summed E-state index contributed by atoms with van der Waals surface area (Å²) in [5, 5.41) is 9.41. The number of nitrogens with two attached hydrogens (primary N) is 1. The zero-order valence-electron chi connectivity index (χ0n) is 9.48. The molecule has 0 saturated heterocycles. The normalized spacial score (nSPS) is 12.5. The summed E-state index contributed by atoms with van der Waals surface area (Å²) in [6.45, 7) is 5.52. The summed E-state index contributed by atoms with van der Waals surface area (Å²) < 4.78 is 0. The molecule has 3 heteroatoms. The van der Waals surface area contributed by atoms with E-state index in [1.165, 1.54) is 0 Å². The summed E-state index contributed by atoms with van der Waals surface area (Å²) in [6.07, 6.45) is 0.736. The van der Waals surface area contributed by atoms with E-state index in [0.29, 0.717) is 6.54 Å². The molecule has 0 bridgehead atoms. The minimum absolute atomic E-state index is 0.321. The number of hydrogen-bond acceptors (Lipinski definition) is 3. The Morgan fingerprint density at radius 2 is 2.20 bits per heavy atom. The Morgan fingerprint density at radius 3 is 2.73 bits per heavy atom. The molecular weight excluding hydrogens is 188 g/mol. The maximum absolute atomic E-state index is 9.41. The second-order valence-corrected chi connectivity index (χ2v) is 3.89. The lowest BCUT2D eigenvalue weighted by molar-refractivity contribution is 0.200. The van der Waals surface area contributed by atoms with Gasteiger partial charge in [-0.15, -0.1) is 0 Å². The van der Waals surface area contributed by atoms with E-state index in [-0.39, 0.29) is 6.10 Å². The van der Waals surface area contributed by atoms with Crippen molar-refractivity contribution in [3.05, 3.63) is 24.3 Å². The topological polar surface area (TPSA) is 49.5 Å². The number of anilines is 2. The van der Waals surface area contributed by atoms with Crippen LogP contribution in [0.3, 0.4) is 0 Å². The molecule has 0 aliphatic heterocycles. The van der Waals surface area contributed by atoms with Gasteiger partial charge in [0.05, 0.1) is 6.10 Å². The first-order valence-corrected chi connectivity index (χ1v) is 5.42. The fourth-order valence-corrected chi connectivity index (χ4v) is 1.64. The van der Waals surface area contributed by atoms with Crippen LogP contribution in [0.15, 0.2) is 24.3 Å². The SMILES string of the molecule is CCCN(CC(C)O)c1cccc(N)c1. The molecule has 3 N–H and O–H groups in total. The van der Waals surface area contributed by atoms with E-state index in [1.54, 1.807) is 6.92 Å². The zero-order chi connectivity index (χ0) is 11.3. The highest BCUT2D eigenvalue weighted by Crippen LogP contribution is 2.18. The third kappa shape index (κ3) is 3.80. The molecule has 0 amide bonds. The molecular formula is C12H20N2O. The lowest BCUT2D eigenvalue weighted by atomic mass is 10.2. The smallest absolute Gasteiger partial charge is 0.0687 e. The third-order valence-electron chi connectivity index (χ3n) is 2.21. The molecule has 0 aliphatic rings. The van der Waals surface area contributed by atoms with E-state index in [4.69, 9.17) is 5.73 Å². The predicted molar refractivity (Wildman–Crippen MR) is 65.0 cm³/mol. The molecule has 0 aromatic heterocycles. The van der Waals surface area contributed by atoms with E-state index in [0.717, 1.165) is 24.3 Å². The summed E-state index contributed by atoms with van der Waals surface area (Å²) >= 11 is 0. The maximum atomic E-state index is 9.41. The van der Waals surface area contributed by atoms with E-state index in [2.05, 4.69) is 11.8 Å². The highest BCUT2D eigenvalue weighted by atomic mass is 16.3. The van der Waals surface area contributed by atoms with Crippen LogP contribution in [0.2, 0.25) is 0 Å². The number of nitrogens with zero attached hydrogens (tertiary/aromatic N) is 1. The molecule has 0 spiro atoms. The van der Waals surface area contributed by atoms with Gasteiger partial charge >= 0.3 is 0 Å². The summed E-state index contributed by atoms with van der Waals surface area (Å²) in [5.41, 5.74) is 7.58. The molecule has 0 aliphatic carbocycles. The Hall–Kier alpha value is -1.22. The van der Waals surface area contributed by atoms with E-state index in [1.807, 2.05) is 24.3 Å². The number of hydrogen-bond donors (Lipinski definition) is 2. The molecule has 15 heavy (non-hydrogen) atoms. The number of aliphatic hydroxyl groups is 1. The van der Waals surface area contributed by atoms with Crippen LogP contribution < -0.4 is 10.6 Å². The molecule has 1 aromatic carbocycles. The molecule has 1 unspecified atom stereocenters.